The summed E-state index contributed by atoms with van der Waals surface area (Å²) in [6.07, 6.45) is 23.2. The molecule has 0 aromatic carbocycles. The van der Waals surface area contributed by atoms with Crippen molar-refractivity contribution in [3.8, 4) is 0 Å². The zero-order chi connectivity index (χ0) is 25.2. The zero-order valence-corrected chi connectivity index (χ0v) is 24.4. The summed E-state index contributed by atoms with van der Waals surface area (Å²) in [7, 11) is -2.62. The Morgan fingerprint density at radius 3 is 1.32 bits per heavy atom. The van der Waals surface area contributed by atoms with Crippen molar-refractivity contribution in [3.05, 3.63) is 0 Å². The smallest absolute Gasteiger partial charge is 0.374 e. The molecule has 0 aliphatic heterocycles. The van der Waals surface area contributed by atoms with Crippen molar-refractivity contribution in [3.63, 3.8) is 0 Å². The lowest BCUT2D eigenvalue weighted by Gasteiger charge is -2.28. The summed E-state index contributed by atoms with van der Waals surface area (Å²) in [5, 5.41) is 3.07. The Morgan fingerprint density at radius 2 is 0.941 bits per heavy atom. The third-order valence-corrected chi connectivity index (χ3v) is 9.48. The minimum atomic E-state index is -2.62. The monoisotopic (exact) mass is 501 g/mol. The van der Waals surface area contributed by atoms with Crippen molar-refractivity contribution in [2.45, 2.75) is 149 Å². The van der Waals surface area contributed by atoms with Crippen LogP contribution < -0.4 is 5.32 Å². The Kier molecular flexibility index (Phi) is 25.3. The van der Waals surface area contributed by atoms with Crippen LogP contribution in [-0.2, 0) is 18.1 Å². The van der Waals surface area contributed by atoms with Gasteiger partial charge in [-0.3, -0.25) is 4.79 Å². The number of rotatable bonds is 27. The maximum atomic E-state index is 12.1. The van der Waals surface area contributed by atoms with Crippen LogP contribution >= 0.6 is 0 Å². The van der Waals surface area contributed by atoms with Gasteiger partial charge in [-0.25, -0.2) is 0 Å². The van der Waals surface area contributed by atoms with E-state index in [4.69, 9.17) is 13.3 Å². The summed E-state index contributed by atoms with van der Waals surface area (Å²) in [5.74, 6) is 0.133. The van der Waals surface area contributed by atoms with E-state index in [9.17, 15) is 4.79 Å². The molecule has 0 rings (SSSR count). The molecule has 0 fully saturated rings. The molecule has 0 bridgehead atoms. The lowest BCUT2D eigenvalue weighted by atomic mass is 10.0. The van der Waals surface area contributed by atoms with Gasteiger partial charge in [0.15, 0.2) is 0 Å². The first-order valence-electron chi connectivity index (χ1n) is 14.8. The molecule has 0 aliphatic rings. The van der Waals surface area contributed by atoms with Crippen molar-refractivity contribution in [2.75, 3.05) is 26.4 Å². The summed E-state index contributed by atoms with van der Waals surface area (Å²) in [6.45, 7) is 10.7. The molecule has 0 aromatic heterocycles. The average molecular weight is 502 g/mol. The highest BCUT2D eigenvalue weighted by molar-refractivity contribution is 6.60. The highest BCUT2D eigenvalue weighted by Crippen LogP contribution is 2.19. The predicted octanol–water partition coefficient (Wildman–Crippen LogP) is 8.19. The van der Waals surface area contributed by atoms with Gasteiger partial charge in [-0.05, 0) is 33.6 Å². The largest absolute Gasteiger partial charge is 0.500 e. The third-order valence-electron chi connectivity index (χ3n) is 6.33. The van der Waals surface area contributed by atoms with Gasteiger partial charge >= 0.3 is 8.80 Å². The molecule has 6 heteroatoms. The van der Waals surface area contributed by atoms with Crippen LogP contribution in [-0.4, -0.2) is 41.1 Å². The molecule has 0 atom stereocenters. The standard InChI is InChI=1S/C28H59NO4Si/c1-5-9-10-11-12-13-14-15-16-17-18-19-20-21-22-23-26-29-28(30)25-24-27-34(31-6-2,32-7-3)33-8-4/h5-27H2,1-4H3,(H,29,30). The molecule has 0 aliphatic carbocycles. The second-order valence-corrected chi connectivity index (χ2v) is 12.2. The molecule has 0 spiro atoms. The van der Waals surface area contributed by atoms with E-state index in [0.717, 1.165) is 19.4 Å². The number of nitrogens with one attached hydrogen (secondary N) is 1. The van der Waals surface area contributed by atoms with E-state index in [1.165, 1.54) is 96.3 Å². The van der Waals surface area contributed by atoms with Crippen LogP contribution in [0, 0.1) is 0 Å². The Balaban J connectivity index is 3.50. The molecule has 204 valence electrons. The lowest BCUT2D eigenvalue weighted by Crippen LogP contribution is -2.46. The van der Waals surface area contributed by atoms with Gasteiger partial charge in [0, 0.05) is 38.8 Å². The summed E-state index contributed by atoms with van der Waals surface area (Å²) in [5.41, 5.74) is 0. The molecule has 1 N–H and O–H groups in total. The summed E-state index contributed by atoms with van der Waals surface area (Å²) in [4.78, 5) is 12.1. The predicted molar refractivity (Wildman–Crippen MR) is 147 cm³/mol. The van der Waals surface area contributed by atoms with E-state index in [0.29, 0.717) is 32.3 Å². The summed E-state index contributed by atoms with van der Waals surface area (Å²) in [6, 6.07) is 0.703. The second kappa shape index (κ2) is 25.7. The van der Waals surface area contributed by atoms with Crippen LogP contribution in [0.25, 0.3) is 0 Å². The first kappa shape index (κ1) is 33.6. The van der Waals surface area contributed by atoms with E-state index in [1.807, 2.05) is 20.8 Å². The molecular formula is C28H59NO4Si. The van der Waals surface area contributed by atoms with Gasteiger partial charge in [0.05, 0.1) is 0 Å². The SMILES string of the molecule is CCCCCCCCCCCCCCCCCCNC(=O)CCC[Si](OCC)(OCC)OCC. The molecule has 0 radical (unpaired) electrons. The van der Waals surface area contributed by atoms with Crippen molar-refractivity contribution in [2.24, 2.45) is 0 Å². The van der Waals surface area contributed by atoms with Crippen LogP contribution in [0.1, 0.15) is 143 Å². The fraction of sp³-hybridized carbons (Fsp3) is 0.964. The molecule has 0 saturated heterocycles. The van der Waals surface area contributed by atoms with Crippen molar-refractivity contribution in [1.82, 2.24) is 5.32 Å². The molecule has 0 unspecified atom stereocenters. The highest BCUT2D eigenvalue weighted by atomic mass is 28.4. The van der Waals surface area contributed by atoms with Gasteiger partial charge in [0.2, 0.25) is 5.91 Å². The normalized spacial score (nSPS) is 11.8. The topological polar surface area (TPSA) is 56.8 Å². The second-order valence-electron chi connectivity index (χ2n) is 9.49. The Labute approximate surface area is 213 Å². The fourth-order valence-electron chi connectivity index (χ4n) is 4.46. The number of unbranched alkanes of at least 4 members (excludes halogenated alkanes) is 15. The number of carbonyl (C=O) groups is 1. The average Bonchev–Trinajstić information content (AvgIpc) is 2.81. The van der Waals surface area contributed by atoms with Gasteiger partial charge < -0.3 is 18.6 Å². The van der Waals surface area contributed by atoms with E-state index in [-0.39, 0.29) is 5.91 Å². The minimum Gasteiger partial charge on any atom is -0.374 e. The maximum Gasteiger partial charge on any atom is 0.500 e. The van der Waals surface area contributed by atoms with Gasteiger partial charge in [-0.15, -0.1) is 0 Å². The fourth-order valence-corrected chi connectivity index (χ4v) is 7.07. The molecule has 34 heavy (non-hydrogen) atoms. The maximum absolute atomic E-state index is 12.1. The Hall–Kier alpha value is -0.433. The van der Waals surface area contributed by atoms with Gasteiger partial charge in [0.1, 0.15) is 0 Å². The van der Waals surface area contributed by atoms with Crippen LogP contribution in [0.5, 0.6) is 0 Å². The first-order valence-corrected chi connectivity index (χ1v) is 16.8. The van der Waals surface area contributed by atoms with Crippen LogP contribution in [0.2, 0.25) is 6.04 Å². The molecule has 5 nitrogen and oxygen atoms in total. The van der Waals surface area contributed by atoms with E-state index in [2.05, 4.69) is 12.2 Å². The van der Waals surface area contributed by atoms with Gasteiger partial charge in [0.25, 0.3) is 0 Å². The molecule has 0 heterocycles. The Morgan fingerprint density at radius 1 is 0.559 bits per heavy atom. The van der Waals surface area contributed by atoms with E-state index >= 15 is 0 Å². The molecule has 0 saturated carbocycles. The highest BCUT2D eigenvalue weighted by Gasteiger charge is 2.39. The van der Waals surface area contributed by atoms with Crippen molar-refractivity contribution >= 4 is 14.7 Å². The zero-order valence-electron chi connectivity index (χ0n) is 23.4. The number of amides is 1. The lowest BCUT2D eigenvalue weighted by molar-refractivity contribution is -0.121. The molecular weight excluding hydrogens is 442 g/mol. The summed E-state index contributed by atoms with van der Waals surface area (Å²) >= 11 is 0. The van der Waals surface area contributed by atoms with Crippen LogP contribution in [0.4, 0.5) is 0 Å². The van der Waals surface area contributed by atoms with Crippen LogP contribution in [0.3, 0.4) is 0 Å². The minimum absolute atomic E-state index is 0.133. The van der Waals surface area contributed by atoms with Crippen molar-refractivity contribution < 1.29 is 18.1 Å². The third kappa shape index (κ3) is 20.9. The summed E-state index contributed by atoms with van der Waals surface area (Å²) < 4.78 is 17.6. The Bertz CT molecular complexity index is 420. The number of hydrogen-bond acceptors (Lipinski definition) is 4. The van der Waals surface area contributed by atoms with E-state index in [1.54, 1.807) is 0 Å². The molecule has 1 amide bonds. The van der Waals surface area contributed by atoms with Crippen molar-refractivity contribution in [1.29, 1.82) is 0 Å². The molecule has 0 aromatic rings. The quantitative estimate of drug-likeness (QED) is 0.0910. The number of hydrogen-bond donors (Lipinski definition) is 1. The van der Waals surface area contributed by atoms with Gasteiger partial charge in [-0.2, -0.15) is 0 Å². The first-order chi connectivity index (χ1) is 16.6. The van der Waals surface area contributed by atoms with Gasteiger partial charge in [-0.1, -0.05) is 103 Å². The van der Waals surface area contributed by atoms with E-state index < -0.39 is 8.80 Å². The number of carbonyl (C=O) groups excluding carboxylic acids is 1. The van der Waals surface area contributed by atoms with Crippen LogP contribution in [0.15, 0.2) is 0 Å².